The summed E-state index contributed by atoms with van der Waals surface area (Å²) in [5, 5.41) is 4.29. The van der Waals surface area contributed by atoms with Crippen LogP contribution >= 0.6 is 11.3 Å². The molecule has 0 saturated heterocycles. The SMILES string of the molecule is C[Si](C)(C)c1cccc2c1sc1c(-c3ccc(C4CCCCC4)cn3)[c-]ccc12.Cc1ccc(-c2[c-]cccc2)nc1.[Ir]. The van der Waals surface area contributed by atoms with Crippen LogP contribution in [0.4, 0.5) is 0 Å². The van der Waals surface area contributed by atoms with Crippen LogP contribution in [0.5, 0.6) is 0 Å². The molecule has 0 unspecified atom stereocenters. The summed E-state index contributed by atoms with van der Waals surface area (Å²) >= 11 is 1.93. The van der Waals surface area contributed by atoms with Gasteiger partial charge in [-0.15, -0.1) is 59.7 Å². The number of benzene rings is 3. The topological polar surface area (TPSA) is 25.8 Å². The fraction of sp³-hybridized carbons (Fsp3) is 0.263. The van der Waals surface area contributed by atoms with Gasteiger partial charge in [-0.05, 0) is 63.5 Å². The Morgan fingerprint density at radius 3 is 2.16 bits per heavy atom. The predicted octanol–water partition coefficient (Wildman–Crippen LogP) is 10.4. The second-order valence-electron chi connectivity index (χ2n) is 12.4. The van der Waals surface area contributed by atoms with E-state index in [4.69, 9.17) is 4.98 Å². The molecule has 1 aliphatic rings. The molecule has 1 aliphatic carbocycles. The number of nitrogens with zero attached hydrogens (tertiary/aromatic N) is 2. The van der Waals surface area contributed by atoms with E-state index in [1.807, 2.05) is 54.8 Å². The molecule has 43 heavy (non-hydrogen) atoms. The molecular formula is C38H38IrN2SSi-2. The Hall–Kier alpha value is -2.95. The number of fused-ring (bicyclic) bond motifs is 3. The number of aromatic nitrogens is 2. The molecule has 7 rings (SSSR count). The molecule has 0 spiro atoms. The minimum absolute atomic E-state index is 0. The van der Waals surface area contributed by atoms with Crippen molar-refractivity contribution in [2.45, 2.75) is 64.6 Å². The van der Waals surface area contributed by atoms with Gasteiger partial charge in [0.2, 0.25) is 0 Å². The first-order valence-electron chi connectivity index (χ1n) is 15.1. The molecule has 1 fully saturated rings. The Bertz CT molecular complexity index is 1780. The minimum atomic E-state index is -1.40. The first-order chi connectivity index (χ1) is 20.4. The molecule has 3 aromatic heterocycles. The van der Waals surface area contributed by atoms with E-state index in [0.29, 0.717) is 5.92 Å². The summed E-state index contributed by atoms with van der Waals surface area (Å²) in [4.78, 5) is 9.22. The summed E-state index contributed by atoms with van der Waals surface area (Å²) < 4.78 is 2.78. The predicted molar refractivity (Wildman–Crippen MR) is 183 cm³/mol. The zero-order valence-electron chi connectivity index (χ0n) is 25.4. The summed E-state index contributed by atoms with van der Waals surface area (Å²) in [6, 6.07) is 34.3. The van der Waals surface area contributed by atoms with Gasteiger partial charge in [0.1, 0.15) is 0 Å². The normalized spacial score (nSPS) is 13.8. The Labute approximate surface area is 275 Å². The van der Waals surface area contributed by atoms with Crippen molar-refractivity contribution in [1.29, 1.82) is 0 Å². The molecule has 221 valence electrons. The fourth-order valence-electron chi connectivity index (χ4n) is 5.95. The first kappa shape index (κ1) is 31.5. The van der Waals surface area contributed by atoms with Crippen molar-refractivity contribution in [1.82, 2.24) is 9.97 Å². The van der Waals surface area contributed by atoms with Crippen LogP contribution in [-0.4, -0.2) is 18.0 Å². The monoisotopic (exact) mass is 775 g/mol. The van der Waals surface area contributed by atoms with Crippen LogP contribution < -0.4 is 5.19 Å². The summed E-state index contributed by atoms with van der Waals surface area (Å²) in [5.41, 5.74) is 6.82. The number of rotatable bonds is 4. The Kier molecular flexibility index (Phi) is 10.1. The van der Waals surface area contributed by atoms with E-state index >= 15 is 0 Å². The van der Waals surface area contributed by atoms with E-state index < -0.39 is 8.07 Å². The Morgan fingerprint density at radius 1 is 0.721 bits per heavy atom. The van der Waals surface area contributed by atoms with Crippen molar-refractivity contribution in [3.8, 4) is 22.5 Å². The third-order valence-corrected chi connectivity index (χ3v) is 11.8. The molecule has 5 heteroatoms. The minimum Gasteiger partial charge on any atom is -0.304 e. The average molecular weight is 775 g/mol. The van der Waals surface area contributed by atoms with Crippen molar-refractivity contribution >= 4 is 44.8 Å². The summed E-state index contributed by atoms with van der Waals surface area (Å²) in [6.07, 6.45) is 10.7. The zero-order chi connectivity index (χ0) is 29.1. The molecule has 3 heterocycles. The third-order valence-electron chi connectivity index (χ3n) is 8.28. The van der Waals surface area contributed by atoms with Crippen LogP contribution in [0.15, 0.2) is 91.3 Å². The van der Waals surface area contributed by atoms with Crippen LogP contribution in [-0.2, 0) is 20.1 Å². The van der Waals surface area contributed by atoms with Crippen molar-refractivity contribution < 1.29 is 20.1 Å². The van der Waals surface area contributed by atoms with E-state index in [-0.39, 0.29) is 20.1 Å². The van der Waals surface area contributed by atoms with Crippen molar-refractivity contribution in [3.63, 3.8) is 0 Å². The van der Waals surface area contributed by atoms with Gasteiger partial charge in [0.05, 0.1) is 8.07 Å². The van der Waals surface area contributed by atoms with E-state index in [1.54, 1.807) is 5.19 Å². The smallest absolute Gasteiger partial charge is 0.0794 e. The maximum absolute atomic E-state index is 4.90. The molecule has 1 radical (unpaired) electrons. The van der Waals surface area contributed by atoms with Gasteiger partial charge < -0.3 is 9.97 Å². The molecule has 0 aliphatic heterocycles. The molecule has 0 atom stereocenters. The molecule has 0 amide bonds. The van der Waals surface area contributed by atoms with Crippen LogP contribution in [0, 0.1) is 19.1 Å². The van der Waals surface area contributed by atoms with Crippen LogP contribution in [0.1, 0.15) is 49.1 Å². The van der Waals surface area contributed by atoms with Gasteiger partial charge in [-0.2, -0.15) is 11.3 Å². The largest absolute Gasteiger partial charge is 0.304 e. The van der Waals surface area contributed by atoms with Crippen LogP contribution in [0.3, 0.4) is 0 Å². The maximum atomic E-state index is 4.90. The molecule has 3 aromatic carbocycles. The molecular weight excluding hydrogens is 737 g/mol. The second kappa shape index (κ2) is 13.8. The number of aryl methyl sites for hydroxylation is 1. The summed E-state index contributed by atoms with van der Waals surface area (Å²) in [5.74, 6) is 0.703. The Balaban J connectivity index is 0.000000221. The second-order valence-corrected chi connectivity index (χ2v) is 18.5. The van der Waals surface area contributed by atoms with Gasteiger partial charge >= 0.3 is 0 Å². The average Bonchev–Trinajstić information content (AvgIpc) is 3.41. The molecule has 0 bridgehead atoms. The Morgan fingerprint density at radius 2 is 1.49 bits per heavy atom. The van der Waals surface area contributed by atoms with Gasteiger partial charge in [-0.3, -0.25) is 0 Å². The molecule has 2 nitrogen and oxygen atoms in total. The first-order valence-corrected chi connectivity index (χ1v) is 19.4. The number of hydrogen-bond acceptors (Lipinski definition) is 3. The van der Waals surface area contributed by atoms with E-state index in [2.05, 4.69) is 91.5 Å². The van der Waals surface area contributed by atoms with E-state index in [1.165, 1.54) is 63.4 Å². The number of thiophene rings is 1. The van der Waals surface area contributed by atoms with Crippen LogP contribution in [0.25, 0.3) is 42.7 Å². The zero-order valence-corrected chi connectivity index (χ0v) is 29.6. The summed E-state index contributed by atoms with van der Waals surface area (Å²) in [6.45, 7) is 9.34. The maximum Gasteiger partial charge on any atom is 0.0794 e. The van der Waals surface area contributed by atoms with E-state index in [9.17, 15) is 0 Å². The van der Waals surface area contributed by atoms with Crippen molar-refractivity contribution in [2.24, 2.45) is 0 Å². The quantitative estimate of drug-likeness (QED) is 0.132. The fourth-order valence-corrected chi connectivity index (χ4v) is 9.66. The molecule has 6 aromatic rings. The van der Waals surface area contributed by atoms with Gasteiger partial charge in [0, 0.05) is 37.2 Å². The summed E-state index contributed by atoms with van der Waals surface area (Å²) in [7, 11) is -1.40. The standard InChI is InChI=1S/C26H28NSSi.C12H10N.Ir/c1-29(2,3)24-14-8-12-21-20-11-7-13-22(25(20)28-26(21)24)23-16-15-19(17-27-23)18-9-5-4-6-10-18;1-10-7-8-12(13-9-10)11-5-3-2-4-6-11;/h7-8,11-12,14-18H,4-6,9-10H2,1-3H3;2-5,7-9H,1H3;/q2*-1;. The van der Waals surface area contributed by atoms with Crippen molar-refractivity contribution in [3.05, 3.63) is 115 Å². The van der Waals surface area contributed by atoms with Gasteiger partial charge in [0.25, 0.3) is 0 Å². The van der Waals surface area contributed by atoms with Gasteiger partial charge in [0.15, 0.2) is 0 Å². The van der Waals surface area contributed by atoms with Gasteiger partial charge in [-0.25, -0.2) is 0 Å². The third kappa shape index (κ3) is 7.07. The van der Waals surface area contributed by atoms with Crippen LogP contribution in [0.2, 0.25) is 19.6 Å². The molecule has 0 N–H and O–H groups in total. The van der Waals surface area contributed by atoms with E-state index in [0.717, 1.165) is 22.5 Å². The van der Waals surface area contributed by atoms with Gasteiger partial charge in [-0.1, -0.05) is 86.8 Å². The number of pyridine rings is 2. The molecule has 1 saturated carbocycles. The number of hydrogen-bond donors (Lipinski definition) is 0. The van der Waals surface area contributed by atoms with Crippen molar-refractivity contribution in [2.75, 3.05) is 0 Å².